The van der Waals surface area contributed by atoms with Gasteiger partial charge >= 0.3 is 0 Å². The number of fused-ring (bicyclic) bond motifs is 1. The summed E-state index contributed by atoms with van der Waals surface area (Å²) >= 11 is 0. The molecule has 0 aromatic heterocycles. The summed E-state index contributed by atoms with van der Waals surface area (Å²) < 4.78 is 5.79. The number of carbonyl (C=O) groups is 1. The molecule has 0 fully saturated rings. The van der Waals surface area contributed by atoms with Crippen LogP contribution in [0, 0.1) is 0 Å². The molecule has 0 aliphatic rings. The first-order valence-electron chi connectivity index (χ1n) is 9.37. The predicted octanol–water partition coefficient (Wildman–Crippen LogP) is 6.32. The fourth-order valence-corrected chi connectivity index (χ4v) is 3.09. The second kappa shape index (κ2) is 8.40. The van der Waals surface area contributed by atoms with Crippen LogP contribution in [0.25, 0.3) is 10.8 Å². The number of benzene rings is 4. The molecule has 138 valence electrons. The summed E-state index contributed by atoms with van der Waals surface area (Å²) in [4.78, 5) is 12.5. The van der Waals surface area contributed by atoms with Gasteiger partial charge in [-0.1, -0.05) is 54.6 Å². The summed E-state index contributed by atoms with van der Waals surface area (Å²) in [6.07, 6.45) is 0.445. The van der Waals surface area contributed by atoms with E-state index in [0.29, 0.717) is 13.0 Å². The van der Waals surface area contributed by atoms with Crippen LogP contribution in [-0.2, 0) is 0 Å². The molecule has 0 aliphatic heterocycles. The van der Waals surface area contributed by atoms with Crippen molar-refractivity contribution in [3.63, 3.8) is 0 Å². The SMILES string of the molecule is O=C(CCNc1ccc(Oc2ccccc2)cc1)c1ccc2ccccc2c1. The molecule has 0 radical (unpaired) electrons. The zero-order chi connectivity index (χ0) is 19.2. The zero-order valence-corrected chi connectivity index (χ0v) is 15.5. The Morgan fingerprint density at radius 3 is 2.18 bits per heavy atom. The molecule has 4 aromatic carbocycles. The highest BCUT2D eigenvalue weighted by molar-refractivity contribution is 6.00. The molecule has 4 aromatic rings. The number of para-hydroxylation sites is 1. The van der Waals surface area contributed by atoms with E-state index < -0.39 is 0 Å². The van der Waals surface area contributed by atoms with Crippen LogP contribution in [0.5, 0.6) is 11.5 Å². The maximum atomic E-state index is 12.5. The third-order valence-electron chi connectivity index (χ3n) is 4.59. The normalized spacial score (nSPS) is 10.6. The zero-order valence-electron chi connectivity index (χ0n) is 15.5. The van der Waals surface area contributed by atoms with Gasteiger partial charge in [0, 0.05) is 24.2 Å². The van der Waals surface area contributed by atoms with Crippen LogP contribution in [0.15, 0.2) is 97.1 Å². The van der Waals surface area contributed by atoms with Crippen molar-refractivity contribution in [1.29, 1.82) is 0 Å². The quantitative estimate of drug-likeness (QED) is 0.389. The standard InChI is InChI=1S/C25H21NO2/c27-25(21-11-10-19-6-4-5-7-20(19)18-21)16-17-26-22-12-14-24(15-13-22)28-23-8-2-1-3-9-23/h1-15,18,26H,16-17H2. The molecule has 0 bridgehead atoms. The first-order chi connectivity index (χ1) is 13.8. The van der Waals surface area contributed by atoms with Crippen molar-refractivity contribution in [2.24, 2.45) is 0 Å². The van der Waals surface area contributed by atoms with Crippen molar-refractivity contribution in [2.75, 3.05) is 11.9 Å². The number of hydrogen-bond donors (Lipinski definition) is 1. The summed E-state index contributed by atoms with van der Waals surface area (Å²) in [5.74, 6) is 1.73. The lowest BCUT2D eigenvalue weighted by molar-refractivity contribution is 0.0986. The molecule has 0 saturated heterocycles. The van der Waals surface area contributed by atoms with Gasteiger partial charge in [0.2, 0.25) is 0 Å². The van der Waals surface area contributed by atoms with Gasteiger partial charge in [0.15, 0.2) is 5.78 Å². The third-order valence-corrected chi connectivity index (χ3v) is 4.59. The molecule has 0 heterocycles. The molecule has 3 heteroatoms. The van der Waals surface area contributed by atoms with Gasteiger partial charge in [0.25, 0.3) is 0 Å². The molecule has 0 aliphatic carbocycles. The second-order valence-corrected chi connectivity index (χ2v) is 6.60. The summed E-state index contributed by atoms with van der Waals surface area (Å²) in [6, 6.07) is 31.4. The Balaban J connectivity index is 1.31. The van der Waals surface area contributed by atoms with E-state index in [1.165, 1.54) is 0 Å². The van der Waals surface area contributed by atoms with E-state index in [0.717, 1.165) is 33.5 Å². The number of anilines is 1. The van der Waals surface area contributed by atoms with Gasteiger partial charge < -0.3 is 10.1 Å². The summed E-state index contributed by atoms with van der Waals surface area (Å²) in [7, 11) is 0. The number of rotatable bonds is 7. The lowest BCUT2D eigenvalue weighted by Gasteiger charge is -2.09. The van der Waals surface area contributed by atoms with Gasteiger partial charge in [-0.3, -0.25) is 4.79 Å². The molecule has 4 rings (SSSR count). The van der Waals surface area contributed by atoms with Crippen molar-refractivity contribution < 1.29 is 9.53 Å². The number of Topliss-reactive ketones (excluding diaryl/α,β-unsaturated/α-hetero) is 1. The van der Waals surface area contributed by atoms with Gasteiger partial charge in [0.05, 0.1) is 0 Å². The van der Waals surface area contributed by atoms with Crippen molar-refractivity contribution in [3.05, 3.63) is 103 Å². The Labute approximate surface area is 164 Å². The first-order valence-corrected chi connectivity index (χ1v) is 9.37. The molecule has 1 N–H and O–H groups in total. The average molecular weight is 367 g/mol. The Hall–Kier alpha value is -3.59. The van der Waals surface area contributed by atoms with Crippen LogP contribution in [-0.4, -0.2) is 12.3 Å². The predicted molar refractivity (Wildman–Crippen MR) is 114 cm³/mol. The fraction of sp³-hybridized carbons (Fsp3) is 0.0800. The van der Waals surface area contributed by atoms with Crippen LogP contribution >= 0.6 is 0 Å². The number of hydrogen-bond acceptors (Lipinski definition) is 3. The molecule has 0 unspecified atom stereocenters. The Morgan fingerprint density at radius 1 is 0.714 bits per heavy atom. The molecule has 0 atom stereocenters. The van der Waals surface area contributed by atoms with Crippen LogP contribution in [0.1, 0.15) is 16.8 Å². The highest BCUT2D eigenvalue weighted by Crippen LogP contribution is 2.22. The minimum Gasteiger partial charge on any atom is -0.457 e. The van der Waals surface area contributed by atoms with E-state index in [-0.39, 0.29) is 5.78 Å². The fourth-order valence-electron chi connectivity index (χ4n) is 3.09. The summed E-state index contributed by atoms with van der Waals surface area (Å²) in [6.45, 7) is 0.588. The van der Waals surface area contributed by atoms with Gasteiger partial charge in [-0.2, -0.15) is 0 Å². The van der Waals surface area contributed by atoms with E-state index >= 15 is 0 Å². The van der Waals surface area contributed by atoms with Crippen molar-refractivity contribution in [1.82, 2.24) is 0 Å². The van der Waals surface area contributed by atoms with Gasteiger partial charge in [-0.15, -0.1) is 0 Å². The monoisotopic (exact) mass is 367 g/mol. The smallest absolute Gasteiger partial charge is 0.164 e. The molecule has 0 saturated carbocycles. The van der Waals surface area contributed by atoms with E-state index in [9.17, 15) is 4.79 Å². The number of nitrogens with one attached hydrogen (secondary N) is 1. The van der Waals surface area contributed by atoms with Gasteiger partial charge in [-0.25, -0.2) is 0 Å². The van der Waals surface area contributed by atoms with Crippen molar-refractivity contribution in [3.8, 4) is 11.5 Å². The summed E-state index contributed by atoms with van der Waals surface area (Å²) in [5.41, 5.74) is 1.72. The van der Waals surface area contributed by atoms with Crippen LogP contribution < -0.4 is 10.1 Å². The average Bonchev–Trinajstić information content (AvgIpc) is 2.75. The molecular formula is C25H21NO2. The second-order valence-electron chi connectivity index (χ2n) is 6.60. The highest BCUT2D eigenvalue weighted by Gasteiger charge is 2.06. The van der Waals surface area contributed by atoms with Crippen LogP contribution in [0.3, 0.4) is 0 Å². The van der Waals surface area contributed by atoms with Crippen molar-refractivity contribution in [2.45, 2.75) is 6.42 Å². The third kappa shape index (κ3) is 4.38. The van der Waals surface area contributed by atoms with E-state index in [1.54, 1.807) is 0 Å². The summed E-state index contributed by atoms with van der Waals surface area (Å²) in [5, 5.41) is 5.54. The minimum absolute atomic E-state index is 0.141. The van der Waals surface area contributed by atoms with E-state index in [4.69, 9.17) is 4.74 Å². The molecular weight excluding hydrogens is 346 g/mol. The largest absolute Gasteiger partial charge is 0.457 e. The lowest BCUT2D eigenvalue weighted by Crippen LogP contribution is -2.08. The maximum Gasteiger partial charge on any atom is 0.164 e. The van der Waals surface area contributed by atoms with E-state index in [1.807, 2.05) is 91.0 Å². The van der Waals surface area contributed by atoms with E-state index in [2.05, 4.69) is 11.4 Å². The van der Waals surface area contributed by atoms with Crippen molar-refractivity contribution >= 4 is 22.2 Å². The molecule has 3 nitrogen and oxygen atoms in total. The van der Waals surface area contributed by atoms with Gasteiger partial charge in [-0.05, 0) is 53.2 Å². The van der Waals surface area contributed by atoms with Crippen LogP contribution in [0.4, 0.5) is 5.69 Å². The number of ether oxygens (including phenoxy) is 1. The minimum atomic E-state index is 0.141. The first kappa shape index (κ1) is 17.8. The highest BCUT2D eigenvalue weighted by atomic mass is 16.5. The Morgan fingerprint density at radius 2 is 1.39 bits per heavy atom. The number of carbonyl (C=O) groups excluding carboxylic acids is 1. The van der Waals surface area contributed by atoms with Gasteiger partial charge in [0.1, 0.15) is 11.5 Å². The molecule has 0 amide bonds. The maximum absolute atomic E-state index is 12.5. The van der Waals surface area contributed by atoms with Crippen LogP contribution in [0.2, 0.25) is 0 Å². The molecule has 0 spiro atoms. The Bertz CT molecular complexity index is 1070. The molecule has 28 heavy (non-hydrogen) atoms. The Kier molecular flexibility index (Phi) is 5.34. The number of ketones is 1. The topological polar surface area (TPSA) is 38.3 Å². The lowest BCUT2D eigenvalue weighted by atomic mass is 10.0.